The third-order valence-electron chi connectivity index (χ3n) is 11.1. The number of benzene rings is 8. The summed E-state index contributed by atoms with van der Waals surface area (Å²) in [6.07, 6.45) is 0. The number of hydrogen-bond acceptors (Lipinski definition) is 1. The molecule has 11 aromatic rings. The van der Waals surface area contributed by atoms with Crippen LogP contribution in [0.3, 0.4) is 0 Å². The summed E-state index contributed by atoms with van der Waals surface area (Å²) in [5.74, 6) is 0. The van der Waals surface area contributed by atoms with Crippen molar-refractivity contribution >= 4 is 71.1 Å². The largest absolute Gasteiger partial charge is 0.309 e. The molecule has 5 nitrogen and oxygen atoms in total. The smallest absolute Gasteiger partial charge is 0.188 e. The standard InChI is InChI=1S/C50H29N5/c1-52-34-23-27-47(55-46-19-9-5-15-40(46)50-33(31-51)11-10-20-49(50)55)41(29-34)32-21-24-35(25-22-32)53-45-18-8-4-14-39(45)42-30-36(26-28-48(42)53)54-43-16-6-2-12-37(43)38-13-3-7-17-44(38)54/h2-30H. The van der Waals surface area contributed by atoms with E-state index in [0.717, 1.165) is 61.0 Å². The summed E-state index contributed by atoms with van der Waals surface area (Å²) in [6, 6.07) is 63.7. The highest BCUT2D eigenvalue weighted by molar-refractivity contribution is 6.13. The van der Waals surface area contributed by atoms with Crippen LogP contribution < -0.4 is 0 Å². The minimum Gasteiger partial charge on any atom is -0.309 e. The van der Waals surface area contributed by atoms with Crippen molar-refractivity contribution in [3.8, 4) is 34.3 Å². The average molecular weight is 700 g/mol. The fourth-order valence-corrected chi connectivity index (χ4v) is 8.76. The fraction of sp³-hybridized carbons (Fsp3) is 0. The lowest BCUT2D eigenvalue weighted by Crippen LogP contribution is -1.98. The van der Waals surface area contributed by atoms with Crippen molar-refractivity contribution in [1.29, 1.82) is 5.26 Å². The van der Waals surface area contributed by atoms with Crippen LogP contribution in [0, 0.1) is 17.9 Å². The van der Waals surface area contributed by atoms with Gasteiger partial charge in [-0.2, -0.15) is 5.26 Å². The first-order chi connectivity index (χ1) is 27.2. The summed E-state index contributed by atoms with van der Waals surface area (Å²) in [7, 11) is 0. The van der Waals surface area contributed by atoms with Gasteiger partial charge >= 0.3 is 0 Å². The van der Waals surface area contributed by atoms with Gasteiger partial charge in [-0.25, -0.2) is 4.85 Å². The molecule has 254 valence electrons. The van der Waals surface area contributed by atoms with Gasteiger partial charge in [0, 0.05) is 43.7 Å². The number of fused-ring (bicyclic) bond motifs is 9. The average Bonchev–Trinajstić information content (AvgIpc) is 3.89. The molecule has 3 heterocycles. The van der Waals surface area contributed by atoms with E-state index >= 15 is 0 Å². The first-order valence-electron chi connectivity index (χ1n) is 18.3. The zero-order valence-corrected chi connectivity index (χ0v) is 29.5. The molecule has 0 N–H and O–H groups in total. The van der Waals surface area contributed by atoms with Gasteiger partial charge in [0.15, 0.2) is 5.69 Å². The van der Waals surface area contributed by atoms with Crippen LogP contribution in [-0.4, -0.2) is 13.7 Å². The van der Waals surface area contributed by atoms with E-state index < -0.39 is 0 Å². The molecular formula is C50H29N5. The topological polar surface area (TPSA) is 42.9 Å². The molecule has 0 unspecified atom stereocenters. The van der Waals surface area contributed by atoms with Crippen LogP contribution in [0.2, 0.25) is 0 Å². The van der Waals surface area contributed by atoms with E-state index in [1.807, 2.05) is 42.5 Å². The van der Waals surface area contributed by atoms with E-state index in [4.69, 9.17) is 6.57 Å². The van der Waals surface area contributed by atoms with E-state index in [2.05, 4.69) is 158 Å². The van der Waals surface area contributed by atoms with Crippen molar-refractivity contribution in [2.45, 2.75) is 0 Å². The predicted octanol–water partition coefficient (Wildman–Crippen LogP) is 13.1. The molecule has 0 aliphatic heterocycles. The van der Waals surface area contributed by atoms with Crippen LogP contribution in [0.15, 0.2) is 176 Å². The maximum Gasteiger partial charge on any atom is 0.188 e. The zero-order valence-electron chi connectivity index (χ0n) is 29.5. The van der Waals surface area contributed by atoms with Crippen molar-refractivity contribution in [3.63, 3.8) is 0 Å². The second-order valence-electron chi connectivity index (χ2n) is 13.9. The van der Waals surface area contributed by atoms with Crippen molar-refractivity contribution < 1.29 is 0 Å². The summed E-state index contributed by atoms with van der Waals surface area (Å²) < 4.78 is 6.94. The molecule has 3 aromatic heterocycles. The summed E-state index contributed by atoms with van der Waals surface area (Å²) in [5, 5.41) is 16.9. The minimum atomic E-state index is 0.572. The Morgan fingerprint density at radius 1 is 0.436 bits per heavy atom. The maximum atomic E-state index is 10.0. The second-order valence-corrected chi connectivity index (χ2v) is 13.9. The highest BCUT2D eigenvalue weighted by atomic mass is 15.0. The molecule has 0 atom stereocenters. The highest BCUT2D eigenvalue weighted by Crippen LogP contribution is 2.41. The molecule has 0 radical (unpaired) electrons. The van der Waals surface area contributed by atoms with Crippen LogP contribution >= 0.6 is 0 Å². The predicted molar refractivity (Wildman–Crippen MR) is 226 cm³/mol. The quantitative estimate of drug-likeness (QED) is 0.169. The SMILES string of the molecule is [C-]#[N+]c1ccc(-n2c3ccccc3c3c(C#N)cccc32)c(-c2ccc(-n3c4ccccc4c4cc(-n5c6ccccc6c6ccccc65)ccc43)cc2)c1. The molecule has 0 aliphatic rings. The van der Waals surface area contributed by atoms with Gasteiger partial charge in [0.1, 0.15) is 0 Å². The lowest BCUT2D eigenvalue weighted by Gasteiger charge is -2.16. The molecule has 5 heteroatoms. The lowest BCUT2D eigenvalue weighted by molar-refractivity contribution is 1.16. The summed E-state index contributed by atoms with van der Waals surface area (Å²) in [6.45, 7) is 7.86. The normalized spacial score (nSPS) is 11.6. The number of para-hydroxylation sites is 4. The maximum absolute atomic E-state index is 10.0. The molecule has 0 fully saturated rings. The Hall–Kier alpha value is -7.86. The molecule has 11 rings (SSSR count). The molecule has 0 saturated heterocycles. The van der Waals surface area contributed by atoms with Crippen LogP contribution in [0.25, 0.3) is 98.5 Å². The van der Waals surface area contributed by atoms with Crippen molar-refractivity contribution in [1.82, 2.24) is 13.7 Å². The number of rotatable bonds is 4. The van der Waals surface area contributed by atoms with Gasteiger partial charge in [-0.05, 0) is 90.0 Å². The Morgan fingerprint density at radius 3 is 1.60 bits per heavy atom. The molecule has 55 heavy (non-hydrogen) atoms. The first kappa shape index (κ1) is 30.7. The molecule has 8 aromatic carbocycles. The minimum absolute atomic E-state index is 0.572. The van der Waals surface area contributed by atoms with Gasteiger partial charge in [-0.1, -0.05) is 97.1 Å². The molecule has 0 saturated carbocycles. The van der Waals surface area contributed by atoms with Gasteiger partial charge < -0.3 is 13.7 Å². The Kier molecular flexibility index (Phi) is 6.61. The molecule has 0 aliphatic carbocycles. The third-order valence-corrected chi connectivity index (χ3v) is 11.1. The monoisotopic (exact) mass is 699 g/mol. The van der Waals surface area contributed by atoms with Crippen LogP contribution in [-0.2, 0) is 0 Å². The van der Waals surface area contributed by atoms with E-state index in [9.17, 15) is 5.26 Å². The Morgan fingerprint density at radius 2 is 0.964 bits per heavy atom. The zero-order chi connectivity index (χ0) is 36.6. The van der Waals surface area contributed by atoms with E-state index in [1.165, 1.54) is 32.6 Å². The number of aromatic nitrogens is 3. The molecule has 0 bridgehead atoms. The van der Waals surface area contributed by atoms with Gasteiger partial charge in [0.25, 0.3) is 0 Å². The first-order valence-corrected chi connectivity index (χ1v) is 18.3. The van der Waals surface area contributed by atoms with E-state index in [-0.39, 0.29) is 0 Å². The van der Waals surface area contributed by atoms with Crippen LogP contribution in [0.5, 0.6) is 0 Å². The lowest BCUT2D eigenvalue weighted by atomic mass is 10.0. The van der Waals surface area contributed by atoms with Crippen molar-refractivity contribution in [3.05, 3.63) is 193 Å². The van der Waals surface area contributed by atoms with E-state index in [0.29, 0.717) is 11.3 Å². The van der Waals surface area contributed by atoms with Crippen LogP contribution in [0.4, 0.5) is 5.69 Å². The summed E-state index contributed by atoms with van der Waals surface area (Å²) in [5.41, 5.74) is 12.9. The van der Waals surface area contributed by atoms with Gasteiger partial charge in [-0.3, -0.25) is 0 Å². The summed E-state index contributed by atoms with van der Waals surface area (Å²) in [4.78, 5) is 3.81. The molecule has 0 spiro atoms. The van der Waals surface area contributed by atoms with E-state index in [1.54, 1.807) is 0 Å². The number of nitrogens with zero attached hydrogens (tertiary/aromatic N) is 5. The van der Waals surface area contributed by atoms with Crippen molar-refractivity contribution in [2.24, 2.45) is 0 Å². The fourth-order valence-electron chi connectivity index (χ4n) is 8.76. The molecular weight excluding hydrogens is 671 g/mol. The molecule has 0 amide bonds. The third kappa shape index (κ3) is 4.45. The Bertz CT molecular complexity index is 3400. The van der Waals surface area contributed by atoms with Gasteiger partial charge in [0.05, 0.1) is 57.0 Å². The second kappa shape index (κ2) is 11.8. The highest BCUT2D eigenvalue weighted by Gasteiger charge is 2.20. The van der Waals surface area contributed by atoms with Crippen molar-refractivity contribution in [2.75, 3.05) is 0 Å². The Balaban J connectivity index is 1.08. The van der Waals surface area contributed by atoms with Gasteiger partial charge in [0.2, 0.25) is 0 Å². The Labute approximate surface area is 316 Å². The van der Waals surface area contributed by atoms with Gasteiger partial charge in [-0.15, -0.1) is 0 Å². The summed E-state index contributed by atoms with van der Waals surface area (Å²) >= 11 is 0. The number of hydrogen-bond donors (Lipinski definition) is 0. The number of nitriles is 1. The van der Waals surface area contributed by atoms with Crippen LogP contribution in [0.1, 0.15) is 5.56 Å².